The fourth-order valence-electron chi connectivity index (χ4n) is 2.65. The molecule has 1 aliphatic heterocycles. The number of nitrogens with one attached hydrogen (secondary N) is 3. The molecule has 0 bridgehead atoms. The predicted octanol–water partition coefficient (Wildman–Crippen LogP) is 2.17. The Labute approximate surface area is 176 Å². The van der Waals surface area contributed by atoms with Gasteiger partial charge in [0.1, 0.15) is 0 Å². The van der Waals surface area contributed by atoms with Gasteiger partial charge in [-0.2, -0.15) is 0 Å². The number of halogens is 2. The molecule has 1 aliphatic rings. The fourth-order valence-corrected chi connectivity index (χ4v) is 2.65. The summed E-state index contributed by atoms with van der Waals surface area (Å²) in [6, 6.07) is 10.9. The third kappa shape index (κ3) is 7.44. The minimum atomic E-state index is -0.207. The molecular formula is C19H24Cl2N4O3. The topological polar surface area (TPSA) is 92.4 Å². The van der Waals surface area contributed by atoms with Gasteiger partial charge in [-0.25, -0.2) is 0 Å². The van der Waals surface area contributed by atoms with Crippen LogP contribution in [0.15, 0.2) is 48.8 Å². The first-order valence-electron chi connectivity index (χ1n) is 8.59. The Morgan fingerprint density at radius 2 is 1.96 bits per heavy atom. The van der Waals surface area contributed by atoms with Gasteiger partial charge in [-0.15, -0.1) is 24.8 Å². The van der Waals surface area contributed by atoms with Crippen LogP contribution in [0.2, 0.25) is 0 Å². The summed E-state index contributed by atoms with van der Waals surface area (Å²) in [5.74, 6) is -0.219. The van der Waals surface area contributed by atoms with Crippen molar-refractivity contribution in [1.29, 1.82) is 0 Å². The molecule has 1 atom stereocenters. The summed E-state index contributed by atoms with van der Waals surface area (Å²) in [6.07, 6.45) is 3.54. The Bertz CT molecular complexity index is 739. The largest absolute Gasteiger partial charge is 0.378 e. The van der Waals surface area contributed by atoms with Crippen molar-refractivity contribution in [2.24, 2.45) is 0 Å². The lowest BCUT2D eigenvalue weighted by Gasteiger charge is -2.23. The number of ether oxygens (including phenoxy) is 1. The Morgan fingerprint density at radius 3 is 2.61 bits per heavy atom. The van der Waals surface area contributed by atoms with Crippen LogP contribution in [-0.4, -0.2) is 42.6 Å². The first-order valence-corrected chi connectivity index (χ1v) is 8.59. The monoisotopic (exact) mass is 426 g/mol. The highest BCUT2D eigenvalue weighted by atomic mass is 35.5. The average Bonchev–Trinajstić information content (AvgIpc) is 2.69. The van der Waals surface area contributed by atoms with Crippen molar-refractivity contribution in [3.8, 4) is 0 Å². The van der Waals surface area contributed by atoms with Crippen molar-refractivity contribution in [2.45, 2.75) is 19.0 Å². The number of anilines is 1. The third-order valence-electron chi connectivity index (χ3n) is 4.06. The van der Waals surface area contributed by atoms with Gasteiger partial charge in [0.25, 0.3) is 5.91 Å². The van der Waals surface area contributed by atoms with Crippen molar-refractivity contribution >= 4 is 42.3 Å². The quantitative estimate of drug-likeness (QED) is 0.657. The van der Waals surface area contributed by atoms with E-state index in [-0.39, 0.29) is 42.7 Å². The van der Waals surface area contributed by atoms with Gasteiger partial charge in [0, 0.05) is 43.6 Å². The molecule has 9 heteroatoms. The van der Waals surface area contributed by atoms with Crippen LogP contribution in [0.1, 0.15) is 22.3 Å². The highest BCUT2D eigenvalue weighted by Crippen LogP contribution is 2.11. The summed E-state index contributed by atoms with van der Waals surface area (Å²) in [6.45, 7) is 2.49. The van der Waals surface area contributed by atoms with E-state index in [2.05, 4.69) is 20.9 Å². The van der Waals surface area contributed by atoms with Crippen molar-refractivity contribution in [1.82, 2.24) is 15.6 Å². The van der Waals surface area contributed by atoms with Crippen LogP contribution in [0.3, 0.4) is 0 Å². The number of rotatable bonds is 6. The van der Waals surface area contributed by atoms with E-state index in [0.29, 0.717) is 37.4 Å². The molecule has 1 aromatic heterocycles. The molecule has 0 aliphatic carbocycles. The molecule has 0 saturated carbocycles. The summed E-state index contributed by atoms with van der Waals surface area (Å²) >= 11 is 0. The summed E-state index contributed by atoms with van der Waals surface area (Å²) in [5, 5.41) is 8.98. The number of amides is 2. The Balaban J connectivity index is 0.00000196. The smallest absolute Gasteiger partial charge is 0.257 e. The van der Waals surface area contributed by atoms with Gasteiger partial charge in [0.15, 0.2) is 0 Å². The van der Waals surface area contributed by atoms with E-state index in [0.717, 1.165) is 12.1 Å². The molecule has 0 radical (unpaired) electrons. The normalized spacial score (nSPS) is 15.5. The summed E-state index contributed by atoms with van der Waals surface area (Å²) in [5.41, 5.74) is 2.16. The van der Waals surface area contributed by atoms with E-state index in [1.807, 2.05) is 24.3 Å². The van der Waals surface area contributed by atoms with Gasteiger partial charge in [-0.3, -0.25) is 14.6 Å². The van der Waals surface area contributed by atoms with Crippen molar-refractivity contribution in [3.63, 3.8) is 0 Å². The van der Waals surface area contributed by atoms with Crippen LogP contribution in [0, 0.1) is 0 Å². The molecule has 1 fully saturated rings. The zero-order valence-corrected chi connectivity index (χ0v) is 16.9. The molecule has 7 nitrogen and oxygen atoms in total. The molecule has 2 aromatic rings. The molecular weight excluding hydrogens is 403 g/mol. The van der Waals surface area contributed by atoms with E-state index in [1.54, 1.807) is 18.3 Å². The Hall–Kier alpha value is -2.19. The van der Waals surface area contributed by atoms with Gasteiger partial charge >= 0.3 is 0 Å². The standard InChI is InChI=1S/C19H22N4O3.2ClH/c24-18(10-17-13-26-9-8-21-17)22-11-14-3-5-16(6-4-14)23-19(25)15-2-1-7-20-12-15;;/h1-7,12,17,21H,8-11,13H2,(H,22,24)(H,23,25);2*1H. The SMILES string of the molecule is Cl.Cl.O=C(CC1COCCN1)NCc1ccc(NC(=O)c2cccnc2)cc1. The van der Waals surface area contributed by atoms with Crippen LogP contribution < -0.4 is 16.0 Å². The number of pyridine rings is 1. The van der Waals surface area contributed by atoms with Crippen molar-refractivity contribution < 1.29 is 14.3 Å². The van der Waals surface area contributed by atoms with Gasteiger partial charge in [0.05, 0.1) is 18.8 Å². The minimum absolute atomic E-state index is 0. The first kappa shape index (κ1) is 23.8. The van der Waals surface area contributed by atoms with E-state index >= 15 is 0 Å². The molecule has 2 heterocycles. The zero-order valence-electron chi connectivity index (χ0n) is 15.2. The van der Waals surface area contributed by atoms with Gasteiger partial charge in [-0.05, 0) is 29.8 Å². The molecule has 1 aromatic carbocycles. The van der Waals surface area contributed by atoms with Gasteiger partial charge in [0.2, 0.25) is 5.91 Å². The highest BCUT2D eigenvalue weighted by molar-refractivity contribution is 6.04. The second kappa shape index (κ2) is 12.3. The lowest BCUT2D eigenvalue weighted by atomic mass is 10.1. The highest BCUT2D eigenvalue weighted by Gasteiger charge is 2.16. The van der Waals surface area contributed by atoms with Crippen molar-refractivity contribution in [3.05, 3.63) is 59.9 Å². The third-order valence-corrected chi connectivity index (χ3v) is 4.06. The Morgan fingerprint density at radius 1 is 1.18 bits per heavy atom. The lowest BCUT2D eigenvalue weighted by Crippen LogP contribution is -2.44. The molecule has 152 valence electrons. The number of carbonyl (C=O) groups is 2. The molecule has 3 rings (SSSR count). The number of aromatic nitrogens is 1. The number of nitrogens with zero attached hydrogens (tertiary/aromatic N) is 1. The van der Waals surface area contributed by atoms with Crippen molar-refractivity contribution in [2.75, 3.05) is 25.1 Å². The summed E-state index contributed by atoms with van der Waals surface area (Å²) in [4.78, 5) is 28.0. The number of morpholine rings is 1. The molecule has 1 saturated heterocycles. The van der Waals surface area contributed by atoms with Gasteiger partial charge in [-0.1, -0.05) is 12.1 Å². The second-order valence-corrected chi connectivity index (χ2v) is 6.10. The molecule has 2 amide bonds. The maximum atomic E-state index is 12.1. The van der Waals surface area contributed by atoms with E-state index in [1.165, 1.54) is 6.20 Å². The maximum Gasteiger partial charge on any atom is 0.257 e. The molecule has 0 spiro atoms. The van der Waals surface area contributed by atoms with E-state index < -0.39 is 0 Å². The van der Waals surface area contributed by atoms with Crippen LogP contribution in [0.4, 0.5) is 5.69 Å². The summed E-state index contributed by atoms with van der Waals surface area (Å²) < 4.78 is 5.34. The predicted molar refractivity (Wildman–Crippen MR) is 112 cm³/mol. The van der Waals surface area contributed by atoms with Crippen LogP contribution in [-0.2, 0) is 16.1 Å². The first-order chi connectivity index (χ1) is 12.7. The summed E-state index contributed by atoms with van der Waals surface area (Å²) in [7, 11) is 0. The number of hydrogen-bond acceptors (Lipinski definition) is 5. The molecule has 1 unspecified atom stereocenters. The maximum absolute atomic E-state index is 12.1. The Kier molecular flexibility index (Phi) is 10.5. The number of benzene rings is 1. The molecule has 3 N–H and O–H groups in total. The zero-order chi connectivity index (χ0) is 18.2. The molecule has 28 heavy (non-hydrogen) atoms. The van der Waals surface area contributed by atoms with Gasteiger partial charge < -0.3 is 20.7 Å². The van der Waals surface area contributed by atoms with Crippen LogP contribution in [0.25, 0.3) is 0 Å². The van der Waals surface area contributed by atoms with E-state index in [9.17, 15) is 9.59 Å². The van der Waals surface area contributed by atoms with E-state index in [4.69, 9.17) is 4.74 Å². The van der Waals surface area contributed by atoms with Crippen LogP contribution >= 0.6 is 24.8 Å². The fraction of sp³-hybridized carbons (Fsp3) is 0.316. The average molecular weight is 427 g/mol. The second-order valence-electron chi connectivity index (χ2n) is 6.10. The lowest BCUT2D eigenvalue weighted by molar-refractivity contribution is -0.122. The number of carbonyl (C=O) groups excluding carboxylic acids is 2. The number of hydrogen-bond donors (Lipinski definition) is 3. The minimum Gasteiger partial charge on any atom is -0.378 e. The van der Waals surface area contributed by atoms with Crippen LogP contribution in [0.5, 0.6) is 0 Å².